The summed E-state index contributed by atoms with van der Waals surface area (Å²) in [5.74, 6) is 0.272. The molecule has 6 nitrogen and oxygen atoms in total. The zero-order valence-electron chi connectivity index (χ0n) is 16.7. The number of furan rings is 1. The molecule has 0 unspecified atom stereocenters. The Morgan fingerprint density at radius 3 is 2.55 bits per heavy atom. The van der Waals surface area contributed by atoms with Crippen LogP contribution in [-0.2, 0) is 6.42 Å². The van der Waals surface area contributed by atoms with E-state index in [1.807, 2.05) is 31.2 Å². The van der Waals surface area contributed by atoms with Crippen LogP contribution in [0.15, 0.2) is 58.0 Å². The average Bonchev–Trinajstić information content (AvgIpc) is 3.11. The molecule has 1 aliphatic carbocycles. The highest BCUT2D eigenvalue weighted by Gasteiger charge is 2.28. The fourth-order valence-electron chi connectivity index (χ4n) is 3.54. The normalized spacial score (nSPS) is 14.2. The summed E-state index contributed by atoms with van der Waals surface area (Å²) in [6, 6.07) is 14.3. The number of benzene rings is 2. The van der Waals surface area contributed by atoms with Gasteiger partial charge in [0.2, 0.25) is 0 Å². The Morgan fingerprint density at radius 1 is 1.06 bits per heavy atom. The summed E-state index contributed by atoms with van der Waals surface area (Å²) in [5.41, 5.74) is 5.82. The topological polar surface area (TPSA) is 83.7 Å². The van der Waals surface area contributed by atoms with Crippen LogP contribution in [0.5, 0.6) is 0 Å². The van der Waals surface area contributed by atoms with Crippen molar-refractivity contribution in [3.05, 3.63) is 85.3 Å². The number of halogens is 2. The van der Waals surface area contributed by atoms with E-state index in [9.17, 15) is 9.59 Å². The molecule has 4 rings (SSSR count). The van der Waals surface area contributed by atoms with Crippen LogP contribution in [0.25, 0.3) is 0 Å². The van der Waals surface area contributed by atoms with Gasteiger partial charge in [-0.05, 0) is 78.8 Å². The van der Waals surface area contributed by atoms with Crippen molar-refractivity contribution >= 4 is 57.4 Å². The Hall–Kier alpha value is -2.65. The lowest BCUT2D eigenvalue weighted by molar-refractivity contribution is 0.0953. The van der Waals surface area contributed by atoms with Gasteiger partial charge in [0.15, 0.2) is 5.76 Å². The number of hydrogen-bond donors (Lipinski definition) is 2. The smallest absolute Gasteiger partial charge is 0.291 e. The molecule has 0 atom stereocenters. The van der Waals surface area contributed by atoms with Crippen molar-refractivity contribution in [1.82, 2.24) is 5.43 Å². The van der Waals surface area contributed by atoms with Crippen molar-refractivity contribution in [2.75, 3.05) is 5.32 Å². The standard InChI is InChI=1S/C23H19ClIN3O3/c1-13-20-18(27-28-22(29)16-5-2-3-6-17(16)24)7-4-8-19(20)31-21(13)23(30)26-15-11-9-14(25)10-12-15/h2-3,5-6,9-12H,4,7-8H2,1H3,(H,26,30)(H,28,29)/b27-18+. The number of nitrogens with one attached hydrogen (secondary N) is 2. The molecule has 0 aliphatic heterocycles. The van der Waals surface area contributed by atoms with E-state index in [1.54, 1.807) is 24.3 Å². The third-order valence-electron chi connectivity index (χ3n) is 5.04. The number of aryl methyl sites for hydroxylation is 1. The molecule has 158 valence electrons. The molecule has 0 spiro atoms. The Morgan fingerprint density at radius 2 is 1.81 bits per heavy atom. The first-order valence-corrected chi connectivity index (χ1v) is 11.2. The summed E-state index contributed by atoms with van der Waals surface area (Å²) in [6.45, 7) is 1.84. The van der Waals surface area contributed by atoms with Gasteiger partial charge in [0.1, 0.15) is 5.76 Å². The molecule has 0 saturated heterocycles. The monoisotopic (exact) mass is 547 g/mol. The third kappa shape index (κ3) is 4.67. The van der Waals surface area contributed by atoms with E-state index in [4.69, 9.17) is 16.0 Å². The van der Waals surface area contributed by atoms with E-state index in [0.29, 0.717) is 46.2 Å². The van der Waals surface area contributed by atoms with Gasteiger partial charge in [0, 0.05) is 26.8 Å². The van der Waals surface area contributed by atoms with Gasteiger partial charge in [-0.25, -0.2) is 5.43 Å². The Bertz CT molecular complexity index is 1190. The first kappa shape index (κ1) is 21.6. The van der Waals surface area contributed by atoms with Crippen LogP contribution in [0.2, 0.25) is 5.02 Å². The molecule has 1 aromatic heterocycles. The third-order valence-corrected chi connectivity index (χ3v) is 6.09. The maximum Gasteiger partial charge on any atom is 0.291 e. The number of rotatable bonds is 4. The summed E-state index contributed by atoms with van der Waals surface area (Å²) < 4.78 is 6.99. The molecule has 2 N–H and O–H groups in total. The summed E-state index contributed by atoms with van der Waals surface area (Å²) >= 11 is 8.30. The molecule has 1 aliphatic rings. The van der Waals surface area contributed by atoms with Crippen molar-refractivity contribution in [1.29, 1.82) is 0 Å². The first-order valence-electron chi connectivity index (χ1n) is 9.75. The summed E-state index contributed by atoms with van der Waals surface area (Å²) in [5, 5.41) is 7.56. The Labute approximate surface area is 198 Å². The van der Waals surface area contributed by atoms with E-state index in [0.717, 1.165) is 15.6 Å². The molecule has 8 heteroatoms. The fraction of sp³-hybridized carbons (Fsp3) is 0.174. The van der Waals surface area contributed by atoms with E-state index < -0.39 is 0 Å². The predicted octanol–water partition coefficient (Wildman–Crippen LogP) is 5.57. The molecule has 3 aromatic rings. The molecule has 2 amide bonds. The van der Waals surface area contributed by atoms with Gasteiger partial charge in [-0.15, -0.1) is 0 Å². The van der Waals surface area contributed by atoms with Crippen molar-refractivity contribution in [3.8, 4) is 0 Å². The lowest BCUT2D eigenvalue weighted by atomic mass is 9.93. The van der Waals surface area contributed by atoms with E-state index in [2.05, 4.69) is 38.4 Å². The predicted molar refractivity (Wildman–Crippen MR) is 129 cm³/mol. The van der Waals surface area contributed by atoms with Gasteiger partial charge < -0.3 is 9.73 Å². The number of carbonyl (C=O) groups excluding carboxylic acids is 2. The van der Waals surface area contributed by atoms with Crippen molar-refractivity contribution < 1.29 is 14.0 Å². The maximum atomic E-state index is 12.8. The van der Waals surface area contributed by atoms with E-state index >= 15 is 0 Å². The lowest BCUT2D eigenvalue weighted by Crippen LogP contribution is -2.22. The number of fused-ring (bicyclic) bond motifs is 1. The zero-order valence-corrected chi connectivity index (χ0v) is 19.6. The number of hydrogen-bond acceptors (Lipinski definition) is 4. The van der Waals surface area contributed by atoms with Crippen molar-refractivity contribution in [2.45, 2.75) is 26.2 Å². The number of anilines is 1. The first-order chi connectivity index (χ1) is 14.9. The van der Waals surface area contributed by atoms with Crippen LogP contribution in [0.4, 0.5) is 5.69 Å². The second-order valence-electron chi connectivity index (χ2n) is 7.15. The number of nitrogens with zero attached hydrogens (tertiary/aromatic N) is 1. The van der Waals surface area contributed by atoms with Crippen LogP contribution in [0, 0.1) is 10.5 Å². The van der Waals surface area contributed by atoms with Crippen molar-refractivity contribution in [3.63, 3.8) is 0 Å². The fourth-order valence-corrected chi connectivity index (χ4v) is 4.12. The van der Waals surface area contributed by atoms with Gasteiger partial charge in [-0.1, -0.05) is 23.7 Å². The SMILES string of the molecule is Cc1c(C(=O)Nc2ccc(I)cc2)oc2c1/C(=N/NC(=O)c1ccccc1Cl)CCC2. The van der Waals surface area contributed by atoms with Crippen LogP contribution >= 0.6 is 34.2 Å². The molecular formula is C23H19ClIN3O3. The molecule has 0 saturated carbocycles. The minimum atomic E-state index is -0.386. The number of hydrazone groups is 1. The van der Waals surface area contributed by atoms with Crippen LogP contribution in [-0.4, -0.2) is 17.5 Å². The van der Waals surface area contributed by atoms with Gasteiger partial charge >= 0.3 is 0 Å². The van der Waals surface area contributed by atoms with Gasteiger partial charge in [0.05, 0.1) is 16.3 Å². The minimum absolute atomic E-state index is 0.260. The average molecular weight is 548 g/mol. The minimum Gasteiger partial charge on any atom is -0.455 e. The number of carbonyl (C=O) groups is 2. The highest BCUT2D eigenvalue weighted by molar-refractivity contribution is 14.1. The van der Waals surface area contributed by atoms with E-state index in [-0.39, 0.29) is 17.6 Å². The highest BCUT2D eigenvalue weighted by Crippen LogP contribution is 2.30. The van der Waals surface area contributed by atoms with Crippen LogP contribution in [0.3, 0.4) is 0 Å². The van der Waals surface area contributed by atoms with E-state index in [1.165, 1.54) is 0 Å². The Kier molecular flexibility index (Phi) is 6.43. The summed E-state index contributed by atoms with van der Waals surface area (Å²) in [4.78, 5) is 25.3. The van der Waals surface area contributed by atoms with Crippen molar-refractivity contribution in [2.24, 2.45) is 5.10 Å². The van der Waals surface area contributed by atoms with Gasteiger partial charge in [-0.3, -0.25) is 9.59 Å². The van der Waals surface area contributed by atoms with Crippen LogP contribution < -0.4 is 10.7 Å². The lowest BCUT2D eigenvalue weighted by Gasteiger charge is -2.13. The molecule has 31 heavy (non-hydrogen) atoms. The van der Waals surface area contributed by atoms with Crippen LogP contribution in [0.1, 0.15) is 50.6 Å². The largest absolute Gasteiger partial charge is 0.455 e. The second-order valence-corrected chi connectivity index (χ2v) is 8.80. The second kappa shape index (κ2) is 9.23. The summed E-state index contributed by atoms with van der Waals surface area (Å²) in [6.07, 6.45) is 2.21. The molecule has 0 fully saturated rings. The van der Waals surface area contributed by atoms with Gasteiger partial charge in [-0.2, -0.15) is 5.10 Å². The number of amides is 2. The maximum absolute atomic E-state index is 12.8. The molecular weight excluding hydrogens is 529 g/mol. The molecule has 1 heterocycles. The highest BCUT2D eigenvalue weighted by atomic mass is 127. The van der Waals surface area contributed by atoms with Gasteiger partial charge in [0.25, 0.3) is 11.8 Å². The molecule has 2 aromatic carbocycles. The summed E-state index contributed by atoms with van der Waals surface area (Å²) in [7, 11) is 0. The quantitative estimate of drug-likeness (QED) is 0.331. The molecule has 0 bridgehead atoms. The Balaban J connectivity index is 1.57. The zero-order chi connectivity index (χ0) is 22.0. The molecule has 0 radical (unpaired) electrons.